The first kappa shape index (κ1) is 29.5. The molecule has 0 fully saturated rings. The molecular formula is C28H25F6NO4. The average molecular weight is 553 g/mol. The average Bonchev–Trinajstić information content (AvgIpc) is 2.85. The van der Waals surface area contributed by atoms with Gasteiger partial charge in [0, 0.05) is 5.56 Å². The molecule has 0 unspecified atom stereocenters. The van der Waals surface area contributed by atoms with Crippen molar-refractivity contribution in [2.24, 2.45) is 0 Å². The number of halogens is 6. The Balaban J connectivity index is 2.14. The van der Waals surface area contributed by atoms with Crippen molar-refractivity contribution in [3.8, 4) is 16.9 Å². The van der Waals surface area contributed by atoms with Crippen molar-refractivity contribution >= 4 is 17.6 Å². The van der Waals surface area contributed by atoms with Gasteiger partial charge in [-0.25, -0.2) is 4.79 Å². The minimum Gasteiger partial charge on any atom is -0.462 e. The number of esters is 1. The molecule has 0 saturated carbocycles. The number of amides is 1. The summed E-state index contributed by atoms with van der Waals surface area (Å²) in [7, 11) is 0.990. The van der Waals surface area contributed by atoms with Crippen LogP contribution in [0, 0.1) is 0 Å². The molecule has 11 heteroatoms. The van der Waals surface area contributed by atoms with E-state index in [1.165, 1.54) is 0 Å². The molecule has 3 aromatic rings. The van der Waals surface area contributed by atoms with Gasteiger partial charge in [-0.2, -0.15) is 13.2 Å². The molecule has 0 aromatic heterocycles. The second-order valence-electron chi connectivity index (χ2n) is 9.63. The number of alkyl halides is 6. The van der Waals surface area contributed by atoms with Crippen LogP contribution < -0.4 is 9.64 Å². The van der Waals surface area contributed by atoms with Gasteiger partial charge in [0.2, 0.25) is 0 Å². The number of methoxy groups -OCH3 is 1. The van der Waals surface area contributed by atoms with Gasteiger partial charge < -0.3 is 9.47 Å². The van der Waals surface area contributed by atoms with Crippen LogP contribution in [0.15, 0.2) is 66.7 Å². The highest BCUT2D eigenvalue weighted by atomic mass is 19.4. The van der Waals surface area contributed by atoms with E-state index in [0.717, 1.165) is 60.0 Å². The summed E-state index contributed by atoms with van der Waals surface area (Å²) >= 11 is 0. The number of hydrogen-bond donors (Lipinski definition) is 0. The van der Waals surface area contributed by atoms with Crippen molar-refractivity contribution < 1.29 is 45.4 Å². The summed E-state index contributed by atoms with van der Waals surface area (Å²) < 4.78 is 86.9. The highest BCUT2D eigenvalue weighted by Gasteiger charge is 2.34. The highest BCUT2D eigenvalue weighted by Crippen LogP contribution is 2.39. The highest BCUT2D eigenvalue weighted by molar-refractivity contribution is 6.38. The van der Waals surface area contributed by atoms with Crippen LogP contribution in [0.3, 0.4) is 0 Å². The maximum Gasteiger partial charge on any atom is 0.573 e. The number of ether oxygens (including phenoxy) is 2. The molecule has 208 valence electrons. The first-order valence-electron chi connectivity index (χ1n) is 11.6. The molecule has 3 aromatic carbocycles. The lowest BCUT2D eigenvalue weighted by molar-refractivity contribution is -0.274. The van der Waals surface area contributed by atoms with Gasteiger partial charge in [-0.1, -0.05) is 57.2 Å². The molecule has 0 heterocycles. The van der Waals surface area contributed by atoms with E-state index < -0.39 is 35.7 Å². The van der Waals surface area contributed by atoms with Crippen LogP contribution >= 0.6 is 0 Å². The molecule has 0 radical (unpaired) electrons. The van der Waals surface area contributed by atoms with E-state index in [4.69, 9.17) is 0 Å². The quantitative estimate of drug-likeness (QED) is 0.189. The van der Waals surface area contributed by atoms with Gasteiger partial charge >= 0.3 is 24.4 Å². The van der Waals surface area contributed by atoms with Crippen LogP contribution in [0.4, 0.5) is 32.0 Å². The van der Waals surface area contributed by atoms with Crippen molar-refractivity contribution in [1.29, 1.82) is 0 Å². The van der Waals surface area contributed by atoms with Gasteiger partial charge in [0.05, 0.1) is 24.9 Å². The molecule has 0 N–H and O–H groups in total. The normalized spacial score (nSPS) is 12.2. The molecule has 0 spiro atoms. The molecule has 0 atom stereocenters. The number of anilines is 1. The van der Waals surface area contributed by atoms with Gasteiger partial charge in [0.15, 0.2) is 0 Å². The zero-order chi connectivity index (χ0) is 29.2. The maximum absolute atomic E-state index is 13.6. The van der Waals surface area contributed by atoms with Crippen LogP contribution in [-0.4, -0.2) is 25.3 Å². The molecule has 0 bridgehead atoms. The van der Waals surface area contributed by atoms with E-state index >= 15 is 0 Å². The van der Waals surface area contributed by atoms with Crippen LogP contribution in [0.5, 0.6) is 5.75 Å². The van der Waals surface area contributed by atoms with Crippen LogP contribution in [0.1, 0.15) is 37.5 Å². The van der Waals surface area contributed by atoms with Crippen LogP contribution in [0.25, 0.3) is 11.1 Å². The van der Waals surface area contributed by atoms with Crippen molar-refractivity contribution in [1.82, 2.24) is 0 Å². The lowest BCUT2D eigenvalue weighted by atomic mass is 9.86. The monoisotopic (exact) mass is 553 g/mol. The van der Waals surface area contributed by atoms with E-state index in [-0.39, 0.29) is 28.8 Å². The molecule has 0 aliphatic rings. The predicted octanol–water partition coefficient (Wildman–Crippen LogP) is 7.27. The Bertz CT molecular complexity index is 1320. The van der Waals surface area contributed by atoms with Crippen molar-refractivity contribution in [3.05, 3.63) is 83.4 Å². The summed E-state index contributed by atoms with van der Waals surface area (Å²) in [4.78, 5) is 26.3. The van der Waals surface area contributed by atoms with Crippen LogP contribution in [-0.2, 0) is 32.5 Å². The summed E-state index contributed by atoms with van der Waals surface area (Å²) in [6, 6.07) is 13.8. The van der Waals surface area contributed by atoms with Crippen LogP contribution in [0.2, 0.25) is 0 Å². The summed E-state index contributed by atoms with van der Waals surface area (Å²) in [6.07, 6.45) is -9.72. The Morgan fingerprint density at radius 3 is 1.85 bits per heavy atom. The fourth-order valence-corrected chi connectivity index (χ4v) is 3.77. The zero-order valence-electron chi connectivity index (χ0n) is 21.4. The summed E-state index contributed by atoms with van der Waals surface area (Å²) in [6.45, 7) is 5.82. The number of rotatable bonds is 5. The third-order valence-corrected chi connectivity index (χ3v) is 5.78. The largest absolute Gasteiger partial charge is 0.573 e. The molecule has 0 saturated heterocycles. The Hall–Kier alpha value is -4.02. The molecule has 0 aliphatic carbocycles. The predicted molar refractivity (Wildman–Crippen MR) is 132 cm³/mol. The summed E-state index contributed by atoms with van der Waals surface area (Å²) in [5.41, 5.74) is 0.166. The van der Waals surface area contributed by atoms with Gasteiger partial charge in [-0.05, 0) is 52.4 Å². The first-order valence-corrected chi connectivity index (χ1v) is 11.6. The molecule has 0 aliphatic heterocycles. The number of nitrogens with zero attached hydrogens (tertiary/aromatic N) is 1. The third kappa shape index (κ3) is 7.52. The van der Waals surface area contributed by atoms with Crippen molar-refractivity contribution in [2.75, 3.05) is 12.0 Å². The summed E-state index contributed by atoms with van der Waals surface area (Å²) in [5.74, 6) is -2.97. The van der Waals surface area contributed by atoms with Crippen molar-refractivity contribution in [3.63, 3.8) is 0 Å². The topological polar surface area (TPSA) is 55.8 Å². The first-order chi connectivity index (χ1) is 18.0. The molecule has 39 heavy (non-hydrogen) atoms. The molecule has 5 nitrogen and oxygen atoms in total. The van der Waals surface area contributed by atoms with E-state index in [9.17, 15) is 35.9 Å². The Morgan fingerprint density at radius 1 is 0.795 bits per heavy atom. The number of carbonyl (C=O) groups excluding carboxylic acids is 2. The van der Waals surface area contributed by atoms with E-state index in [2.05, 4.69) is 9.47 Å². The number of hydrogen-bond acceptors (Lipinski definition) is 4. The number of benzene rings is 3. The van der Waals surface area contributed by atoms with Gasteiger partial charge in [-0.3, -0.25) is 9.69 Å². The van der Waals surface area contributed by atoms with E-state index in [1.54, 1.807) is 12.1 Å². The lowest BCUT2D eigenvalue weighted by Crippen LogP contribution is -2.37. The fourth-order valence-electron chi connectivity index (χ4n) is 3.77. The van der Waals surface area contributed by atoms with E-state index in [0.29, 0.717) is 5.56 Å². The van der Waals surface area contributed by atoms with Gasteiger partial charge in [0.25, 0.3) is 0 Å². The minimum atomic E-state index is -4.96. The second-order valence-corrected chi connectivity index (χ2v) is 9.63. The molecular weight excluding hydrogens is 528 g/mol. The second kappa shape index (κ2) is 11.0. The Labute approximate surface area is 220 Å². The Morgan fingerprint density at radius 2 is 1.36 bits per heavy atom. The van der Waals surface area contributed by atoms with Crippen molar-refractivity contribution in [2.45, 2.75) is 45.3 Å². The minimum absolute atomic E-state index is 0.0522. The SMILES string of the molecule is COC(=O)C(=O)N(Cc1ccc(C(C)(C)C)cc1)c1ccc(C(F)(F)F)cc1-c1ccc(OC(F)(F)F)cc1. The van der Waals surface area contributed by atoms with E-state index in [1.807, 2.05) is 32.9 Å². The number of carbonyl (C=O) groups is 2. The zero-order valence-corrected chi connectivity index (χ0v) is 21.4. The van der Waals surface area contributed by atoms with Gasteiger partial charge in [0.1, 0.15) is 5.75 Å². The van der Waals surface area contributed by atoms with Gasteiger partial charge in [-0.15, -0.1) is 13.2 Å². The molecule has 3 rings (SSSR count). The standard InChI is InChI=1S/C28H25F6NO4/c1-26(2,3)19-9-5-17(6-10-19)16-35(24(36)25(37)38-4)23-14-11-20(27(29,30)31)15-22(23)18-7-12-21(13-8-18)39-28(32,33)34/h5-15H,16H2,1-4H3. The third-order valence-electron chi connectivity index (χ3n) is 5.78. The molecule has 1 amide bonds. The Kier molecular flexibility index (Phi) is 8.33. The lowest BCUT2D eigenvalue weighted by Gasteiger charge is -2.26. The fraction of sp³-hybridized carbons (Fsp3) is 0.286. The summed E-state index contributed by atoms with van der Waals surface area (Å²) in [5, 5.41) is 0. The smallest absolute Gasteiger partial charge is 0.462 e. The maximum atomic E-state index is 13.6.